The molecule has 1 fully saturated rings. The quantitative estimate of drug-likeness (QED) is 0.674. The second-order valence-corrected chi connectivity index (χ2v) is 8.20. The number of nitrogens with one attached hydrogen (secondary N) is 1. The topological polar surface area (TPSA) is 80.1 Å². The Balaban J connectivity index is 1.36. The predicted octanol–water partition coefficient (Wildman–Crippen LogP) is 3.20. The molecule has 2 aromatic heterocycles. The number of hydrogen-bond acceptors (Lipinski definition) is 5. The molecule has 3 heterocycles. The maximum Gasteiger partial charge on any atom is 0.313 e. The van der Waals surface area contributed by atoms with E-state index in [-0.39, 0.29) is 0 Å². The minimum atomic E-state index is -0.600. The number of carbonyl (C=O) groups is 2. The van der Waals surface area contributed by atoms with E-state index in [0.29, 0.717) is 24.7 Å². The van der Waals surface area contributed by atoms with Crippen LogP contribution < -0.4 is 5.32 Å². The van der Waals surface area contributed by atoms with Crippen LogP contribution in [-0.4, -0.2) is 44.6 Å². The van der Waals surface area contributed by atoms with Crippen LogP contribution >= 0.6 is 11.3 Å². The first-order valence-corrected chi connectivity index (χ1v) is 10.5. The van der Waals surface area contributed by atoms with Crippen LogP contribution in [0.3, 0.4) is 0 Å². The van der Waals surface area contributed by atoms with Gasteiger partial charge in [-0.3, -0.25) is 14.3 Å². The molecular formula is C21H23N5O2S. The molecule has 0 atom stereocenters. The number of anilines is 1. The smallest absolute Gasteiger partial charge is 0.313 e. The third kappa shape index (κ3) is 4.37. The standard InChI is InChI=1S/C21H23N5O2S/c1-14-13-29-20(23-14)16-4-3-5-18(10-16)24-19(27)21(28)26-8-6-15(7-9-26)17-11-22-25(2)12-17/h3-5,10-13,15H,6-9H2,1-2H3,(H,24,27). The van der Waals surface area contributed by atoms with E-state index in [1.54, 1.807) is 27.0 Å². The first kappa shape index (κ1) is 19.3. The zero-order chi connectivity index (χ0) is 20.4. The van der Waals surface area contributed by atoms with Crippen molar-refractivity contribution in [2.75, 3.05) is 18.4 Å². The van der Waals surface area contributed by atoms with E-state index in [1.807, 2.05) is 49.9 Å². The van der Waals surface area contributed by atoms with Gasteiger partial charge in [-0.05, 0) is 43.4 Å². The van der Waals surface area contributed by atoms with Crippen molar-refractivity contribution in [1.82, 2.24) is 19.7 Å². The average molecular weight is 410 g/mol. The number of piperidine rings is 1. The minimum absolute atomic E-state index is 0.384. The molecule has 0 bridgehead atoms. The van der Waals surface area contributed by atoms with E-state index in [0.717, 1.165) is 29.1 Å². The van der Waals surface area contributed by atoms with Gasteiger partial charge in [0.15, 0.2) is 0 Å². The van der Waals surface area contributed by atoms with Crippen molar-refractivity contribution < 1.29 is 9.59 Å². The molecule has 7 nitrogen and oxygen atoms in total. The van der Waals surface area contributed by atoms with Gasteiger partial charge in [0.2, 0.25) is 0 Å². The number of hydrogen-bond donors (Lipinski definition) is 1. The molecule has 0 unspecified atom stereocenters. The molecule has 0 radical (unpaired) electrons. The van der Waals surface area contributed by atoms with Gasteiger partial charge in [0.05, 0.1) is 6.20 Å². The van der Waals surface area contributed by atoms with Gasteiger partial charge in [-0.25, -0.2) is 4.98 Å². The van der Waals surface area contributed by atoms with Gasteiger partial charge in [-0.2, -0.15) is 5.10 Å². The molecule has 0 saturated carbocycles. The number of aryl methyl sites for hydroxylation is 2. The molecule has 4 rings (SSSR count). The summed E-state index contributed by atoms with van der Waals surface area (Å²) in [5, 5.41) is 9.83. The Morgan fingerprint density at radius 1 is 1.24 bits per heavy atom. The van der Waals surface area contributed by atoms with Crippen molar-refractivity contribution in [2.45, 2.75) is 25.7 Å². The maximum absolute atomic E-state index is 12.6. The Labute approximate surface area is 173 Å². The van der Waals surface area contributed by atoms with Crippen molar-refractivity contribution in [3.8, 4) is 10.6 Å². The summed E-state index contributed by atoms with van der Waals surface area (Å²) in [5.74, 6) is -0.698. The zero-order valence-corrected chi connectivity index (χ0v) is 17.3. The van der Waals surface area contributed by atoms with E-state index in [2.05, 4.69) is 15.4 Å². The van der Waals surface area contributed by atoms with Crippen molar-refractivity contribution in [3.63, 3.8) is 0 Å². The van der Waals surface area contributed by atoms with E-state index in [9.17, 15) is 9.59 Å². The van der Waals surface area contributed by atoms with Gasteiger partial charge >= 0.3 is 11.8 Å². The van der Waals surface area contributed by atoms with Crippen molar-refractivity contribution in [2.24, 2.45) is 7.05 Å². The van der Waals surface area contributed by atoms with Crippen molar-refractivity contribution in [3.05, 3.63) is 53.3 Å². The lowest BCUT2D eigenvalue weighted by atomic mass is 9.91. The van der Waals surface area contributed by atoms with E-state index >= 15 is 0 Å². The van der Waals surface area contributed by atoms with Gasteiger partial charge < -0.3 is 10.2 Å². The Morgan fingerprint density at radius 3 is 2.69 bits per heavy atom. The SMILES string of the molecule is Cc1csc(-c2cccc(NC(=O)C(=O)N3CCC(c4cnn(C)c4)CC3)c2)n1. The molecule has 0 aliphatic carbocycles. The molecule has 1 aromatic carbocycles. The Hall–Kier alpha value is -3.00. The third-order valence-corrected chi connectivity index (χ3v) is 6.17. The van der Waals surface area contributed by atoms with Crippen LogP contribution in [-0.2, 0) is 16.6 Å². The van der Waals surface area contributed by atoms with E-state index in [1.165, 1.54) is 5.56 Å². The van der Waals surface area contributed by atoms with Gasteiger partial charge in [-0.1, -0.05) is 12.1 Å². The second-order valence-electron chi connectivity index (χ2n) is 7.34. The lowest BCUT2D eigenvalue weighted by Gasteiger charge is -2.31. The number of benzene rings is 1. The van der Waals surface area contributed by atoms with Gasteiger partial charge in [0, 0.05) is 48.7 Å². The molecule has 8 heteroatoms. The molecule has 1 aliphatic heterocycles. The molecule has 0 spiro atoms. The van der Waals surface area contributed by atoms with Crippen LogP contribution in [0, 0.1) is 6.92 Å². The lowest BCUT2D eigenvalue weighted by molar-refractivity contribution is -0.143. The molecule has 1 aliphatic rings. The van der Waals surface area contributed by atoms with Crippen LogP contribution in [0.5, 0.6) is 0 Å². The summed E-state index contributed by atoms with van der Waals surface area (Å²) < 4.78 is 1.79. The normalized spacial score (nSPS) is 14.8. The first-order valence-electron chi connectivity index (χ1n) is 9.61. The summed E-state index contributed by atoms with van der Waals surface area (Å²) in [6, 6.07) is 7.42. The number of aromatic nitrogens is 3. The van der Waals surface area contributed by atoms with Crippen molar-refractivity contribution >= 4 is 28.8 Å². The highest BCUT2D eigenvalue weighted by Gasteiger charge is 2.28. The van der Waals surface area contributed by atoms with Crippen LogP contribution in [0.25, 0.3) is 10.6 Å². The Bertz CT molecular complexity index is 1030. The number of amides is 2. The highest BCUT2D eigenvalue weighted by atomic mass is 32.1. The third-order valence-electron chi connectivity index (χ3n) is 5.16. The molecule has 3 aromatic rings. The molecule has 150 valence electrons. The summed E-state index contributed by atoms with van der Waals surface area (Å²) in [6.07, 6.45) is 5.57. The highest BCUT2D eigenvalue weighted by molar-refractivity contribution is 7.13. The molecule has 1 N–H and O–H groups in total. The van der Waals surface area contributed by atoms with E-state index in [4.69, 9.17) is 0 Å². The maximum atomic E-state index is 12.6. The fraction of sp³-hybridized carbons (Fsp3) is 0.333. The number of likely N-dealkylation sites (tertiary alicyclic amines) is 1. The number of rotatable bonds is 3. The lowest BCUT2D eigenvalue weighted by Crippen LogP contribution is -2.43. The second kappa shape index (κ2) is 8.16. The molecule has 1 saturated heterocycles. The summed E-state index contributed by atoms with van der Waals surface area (Å²) in [7, 11) is 1.90. The van der Waals surface area contributed by atoms with Crippen LogP contribution in [0.4, 0.5) is 5.69 Å². The van der Waals surface area contributed by atoms with Crippen molar-refractivity contribution in [1.29, 1.82) is 0 Å². The summed E-state index contributed by atoms with van der Waals surface area (Å²) in [6.45, 7) is 3.09. The Morgan fingerprint density at radius 2 is 2.03 bits per heavy atom. The summed E-state index contributed by atoms with van der Waals surface area (Å²) in [5.41, 5.74) is 3.67. The summed E-state index contributed by atoms with van der Waals surface area (Å²) in [4.78, 5) is 31.2. The van der Waals surface area contributed by atoms with E-state index < -0.39 is 11.8 Å². The Kier molecular flexibility index (Phi) is 5.44. The monoisotopic (exact) mass is 409 g/mol. The molecule has 2 amide bonds. The largest absolute Gasteiger partial charge is 0.334 e. The summed E-state index contributed by atoms with van der Waals surface area (Å²) >= 11 is 1.55. The molecule has 29 heavy (non-hydrogen) atoms. The predicted molar refractivity (Wildman–Crippen MR) is 113 cm³/mol. The zero-order valence-electron chi connectivity index (χ0n) is 16.5. The van der Waals surface area contributed by atoms with Crippen LogP contribution in [0.2, 0.25) is 0 Å². The van der Waals surface area contributed by atoms with Gasteiger partial charge in [0.1, 0.15) is 5.01 Å². The fourth-order valence-corrected chi connectivity index (χ4v) is 4.41. The van der Waals surface area contributed by atoms with Crippen LogP contribution in [0.1, 0.15) is 30.0 Å². The average Bonchev–Trinajstić information content (AvgIpc) is 3.36. The number of nitrogens with zero attached hydrogens (tertiary/aromatic N) is 4. The highest BCUT2D eigenvalue weighted by Crippen LogP contribution is 2.28. The van der Waals surface area contributed by atoms with Crippen LogP contribution in [0.15, 0.2) is 42.0 Å². The number of thiazole rings is 1. The minimum Gasteiger partial charge on any atom is -0.334 e. The fourth-order valence-electron chi connectivity index (χ4n) is 3.61. The van der Waals surface area contributed by atoms with Gasteiger partial charge in [-0.15, -0.1) is 11.3 Å². The molecular weight excluding hydrogens is 386 g/mol. The first-order chi connectivity index (χ1) is 14.0. The number of carbonyl (C=O) groups excluding carboxylic acids is 2. The van der Waals surface area contributed by atoms with Gasteiger partial charge in [0.25, 0.3) is 0 Å².